The van der Waals surface area contributed by atoms with E-state index in [0.717, 1.165) is 38.8 Å². The third kappa shape index (κ3) is 5.02. The number of rotatable bonds is 7. The molecule has 1 aliphatic heterocycles. The predicted octanol–water partition coefficient (Wildman–Crippen LogP) is 7.71. The van der Waals surface area contributed by atoms with Crippen molar-refractivity contribution in [2.24, 2.45) is 11.8 Å². The first-order valence-electron chi connectivity index (χ1n) is 13.1. The van der Waals surface area contributed by atoms with Gasteiger partial charge in [-0.25, -0.2) is 4.79 Å². The summed E-state index contributed by atoms with van der Waals surface area (Å²) < 4.78 is 11.6. The molecule has 0 amide bonds. The Morgan fingerprint density at radius 3 is 2.14 bits per heavy atom. The van der Waals surface area contributed by atoms with Gasteiger partial charge in [0.25, 0.3) is 0 Å². The fourth-order valence-electron chi connectivity index (χ4n) is 6.15. The van der Waals surface area contributed by atoms with Crippen molar-refractivity contribution in [3.05, 3.63) is 87.9 Å². The van der Waals surface area contributed by atoms with Crippen molar-refractivity contribution < 1.29 is 14.3 Å². The minimum absolute atomic E-state index is 0.139. The molecule has 0 aromatic heterocycles. The van der Waals surface area contributed by atoms with E-state index in [-0.39, 0.29) is 11.9 Å². The van der Waals surface area contributed by atoms with Crippen LogP contribution < -0.4 is 15.4 Å². The van der Waals surface area contributed by atoms with Gasteiger partial charge in [0.15, 0.2) is 0 Å². The molecule has 5 rings (SSSR count). The number of methoxy groups -OCH3 is 1. The highest BCUT2D eigenvalue weighted by Crippen LogP contribution is 2.49. The van der Waals surface area contributed by atoms with Crippen LogP contribution in [0.15, 0.2) is 60.7 Å². The third-order valence-corrected chi connectivity index (χ3v) is 8.21. The van der Waals surface area contributed by atoms with E-state index in [2.05, 4.69) is 47.0 Å². The van der Waals surface area contributed by atoms with Crippen LogP contribution in [0, 0.1) is 25.7 Å². The Kier molecular flexibility index (Phi) is 7.34. The number of hydrogen-bond acceptors (Lipinski definition) is 5. The molecule has 1 heterocycles. The molecule has 3 aromatic carbocycles. The van der Waals surface area contributed by atoms with E-state index in [1.165, 1.54) is 39.2 Å². The van der Waals surface area contributed by atoms with Gasteiger partial charge in [-0.2, -0.15) is 0 Å². The number of fused-ring (bicyclic) bond motifs is 1. The molecular weight excluding hydrogens is 484 g/mol. The van der Waals surface area contributed by atoms with Crippen LogP contribution in [-0.2, 0) is 10.4 Å². The molecule has 37 heavy (non-hydrogen) atoms. The molecule has 1 saturated carbocycles. The summed E-state index contributed by atoms with van der Waals surface area (Å²) in [7, 11) is 1.40. The van der Waals surface area contributed by atoms with Gasteiger partial charge >= 0.3 is 5.97 Å². The normalized spacial score (nSPS) is 17.3. The molecule has 0 bridgehead atoms. The Balaban J connectivity index is 1.53. The number of hydrogen-bond donors (Lipinski definition) is 2. The molecule has 5 nitrogen and oxygen atoms in total. The van der Waals surface area contributed by atoms with Crippen molar-refractivity contribution in [3.8, 4) is 5.75 Å². The average Bonchev–Trinajstić information content (AvgIpc) is 3.31. The van der Waals surface area contributed by atoms with Crippen molar-refractivity contribution in [2.75, 3.05) is 24.4 Å². The van der Waals surface area contributed by atoms with Crippen molar-refractivity contribution in [3.63, 3.8) is 0 Å². The number of nitrogens with one attached hydrogen (secondary N) is 2. The van der Waals surface area contributed by atoms with Gasteiger partial charge in [0, 0.05) is 10.9 Å². The van der Waals surface area contributed by atoms with Gasteiger partial charge in [-0.05, 0) is 85.7 Å². The number of carbonyl (C=O) groups is 1. The van der Waals surface area contributed by atoms with Gasteiger partial charge in [0.2, 0.25) is 0 Å². The van der Waals surface area contributed by atoms with E-state index < -0.39 is 5.66 Å². The summed E-state index contributed by atoms with van der Waals surface area (Å²) in [6.07, 6.45) is 6.09. The van der Waals surface area contributed by atoms with Crippen LogP contribution in [0.1, 0.15) is 59.2 Å². The molecule has 6 heteroatoms. The minimum Gasteiger partial charge on any atom is -0.493 e. The fourth-order valence-corrected chi connectivity index (χ4v) is 6.28. The maximum atomic E-state index is 12.1. The number of para-hydroxylation sites is 2. The lowest BCUT2D eigenvalue weighted by molar-refractivity contribution is 0.0600. The van der Waals surface area contributed by atoms with Crippen LogP contribution in [0.4, 0.5) is 11.4 Å². The van der Waals surface area contributed by atoms with Crippen LogP contribution in [0.2, 0.25) is 5.02 Å². The number of benzene rings is 3. The lowest BCUT2D eigenvalue weighted by atomic mass is 9.72. The summed E-state index contributed by atoms with van der Waals surface area (Å²) in [6.45, 7) is 4.50. The van der Waals surface area contributed by atoms with E-state index in [9.17, 15) is 4.79 Å². The minimum atomic E-state index is -0.538. The molecule has 0 radical (unpaired) electrons. The van der Waals surface area contributed by atoms with Crippen LogP contribution in [0.25, 0.3) is 0 Å². The first-order chi connectivity index (χ1) is 17.9. The van der Waals surface area contributed by atoms with Crippen molar-refractivity contribution in [2.45, 2.75) is 51.6 Å². The molecule has 194 valence electrons. The zero-order chi connectivity index (χ0) is 26.0. The average molecular weight is 519 g/mol. The summed E-state index contributed by atoms with van der Waals surface area (Å²) in [4.78, 5) is 12.1. The topological polar surface area (TPSA) is 59.6 Å². The highest BCUT2D eigenvalue weighted by molar-refractivity contribution is 6.30. The molecule has 3 aromatic rings. The highest BCUT2D eigenvalue weighted by Gasteiger charge is 2.48. The molecule has 2 N–H and O–H groups in total. The second-order valence-corrected chi connectivity index (χ2v) is 10.8. The first kappa shape index (κ1) is 25.5. The van der Waals surface area contributed by atoms with E-state index in [1.807, 2.05) is 38.1 Å². The van der Waals surface area contributed by atoms with Crippen molar-refractivity contribution in [1.29, 1.82) is 0 Å². The van der Waals surface area contributed by atoms with Gasteiger partial charge < -0.3 is 20.1 Å². The summed E-state index contributed by atoms with van der Waals surface area (Å²) in [5, 5.41) is 8.49. The maximum absolute atomic E-state index is 12.1. The summed E-state index contributed by atoms with van der Waals surface area (Å²) in [5.41, 5.74) is 5.19. The molecule has 1 atom stereocenters. The molecule has 1 aliphatic carbocycles. The Morgan fingerprint density at radius 2 is 1.57 bits per heavy atom. The number of carbonyl (C=O) groups excluding carboxylic acids is 1. The lowest BCUT2D eigenvalue weighted by Crippen LogP contribution is -2.51. The smallest absolute Gasteiger partial charge is 0.337 e. The molecule has 0 saturated heterocycles. The SMILES string of the molecule is COC(=O)c1cc(C)c(OCC(C2CCCCC2)C2(c3ccc(Cl)cc3)Nc3ccccc3N2)c(C)c1. The van der Waals surface area contributed by atoms with E-state index >= 15 is 0 Å². The van der Waals surface area contributed by atoms with E-state index in [4.69, 9.17) is 21.1 Å². The highest BCUT2D eigenvalue weighted by atomic mass is 35.5. The summed E-state index contributed by atoms with van der Waals surface area (Å²) >= 11 is 6.30. The number of halogens is 1. The Labute approximate surface area is 224 Å². The quantitative estimate of drug-likeness (QED) is 0.314. The van der Waals surface area contributed by atoms with E-state index in [1.54, 1.807) is 0 Å². The zero-order valence-electron chi connectivity index (χ0n) is 21.8. The van der Waals surface area contributed by atoms with Gasteiger partial charge in [0.1, 0.15) is 11.4 Å². The molecule has 1 unspecified atom stereocenters. The van der Waals surface area contributed by atoms with Crippen molar-refractivity contribution >= 4 is 28.9 Å². The monoisotopic (exact) mass is 518 g/mol. The number of esters is 1. The Hall–Kier alpha value is -3.18. The second-order valence-electron chi connectivity index (χ2n) is 10.4. The summed E-state index contributed by atoms with van der Waals surface area (Å²) in [5.74, 6) is 1.11. The largest absolute Gasteiger partial charge is 0.493 e. The fraction of sp³-hybridized carbons (Fsp3) is 0.387. The van der Waals surface area contributed by atoms with Crippen LogP contribution >= 0.6 is 11.6 Å². The molecule has 1 fully saturated rings. The van der Waals surface area contributed by atoms with Gasteiger partial charge in [-0.15, -0.1) is 0 Å². The number of anilines is 2. The van der Waals surface area contributed by atoms with Crippen LogP contribution in [0.3, 0.4) is 0 Å². The van der Waals surface area contributed by atoms with E-state index in [0.29, 0.717) is 18.1 Å². The second kappa shape index (κ2) is 10.7. The van der Waals surface area contributed by atoms with Crippen LogP contribution in [-0.4, -0.2) is 19.7 Å². The zero-order valence-corrected chi connectivity index (χ0v) is 22.5. The number of ether oxygens (including phenoxy) is 2. The lowest BCUT2D eigenvalue weighted by Gasteiger charge is -2.44. The van der Waals surface area contributed by atoms with Gasteiger partial charge in [-0.1, -0.05) is 55.1 Å². The van der Waals surface area contributed by atoms with Crippen molar-refractivity contribution in [1.82, 2.24) is 0 Å². The standard InChI is InChI=1S/C31H35ClN2O3/c1-20-17-23(30(35)36-3)18-21(2)29(20)37-19-26(22-9-5-4-6-10-22)31(24-13-15-25(32)16-14-24)33-27-11-7-8-12-28(27)34-31/h7-8,11-18,22,26,33-34H,4-6,9-10,19H2,1-3H3. The third-order valence-electron chi connectivity index (χ3n) is 7.95. The van der Waals surface area contributed by atoms with Gasteiger partial charge in [0.05, 0.1) is 30.7 Å². The maximum Gasteiger partial charge on any atom is 0.337 e. The molecular formula is C31H35ClN2O3. The van der Waals surface area contributed by atoms with Gasteiger partial charge in [-0.3, -0.25) is 0 Å². The Bertz CT molecular complexity index is 1220. The van der Waals surface area contributed by atoms with Crippen LogP contribution in [0.5, 0.6) is 5.75 Å². The summed E-state index contributed by atoms with van der Waals surface area (Å²) in [6, 6.07) is 20.2. The molecule has 0 spiro atoms. The Morgan fingerprint density at radius 1 is 0.973 bits per heavy atom. The number of aryl methyl sites for hydroxylation is 2. The molecule has 2 aliphatic rings. The predicted molar refractivity (Wildman–Crippen MR) is 150 cm³/mol. The first-order valence-corrected chi connectivity index (χ1v) is 13.5.